The second kappa shape index (κ2) is 5.03. The molecule has 1 aliphatic rings. The fraction of sp³-hybridized carbons (Fsp3) is 0.571. The van der Waals surface area contributed by atoms with Crippen molar-refractivity contribution >= 4 is 11.0 Å². The average molecular weight is 276 g/mol. The van der Waals surface area contributed by atoms with E-state index in [2.05, 4.69) is 29.1 Å². The van der Waals surface area contributed by atoms with E-state index in [1.54, 1.807) is 12.5 Å². The van der Waals surface area contributed by atoms with E-state index in [0.29, 0.717) is 12.5 Å². The Morgan fingerprint density at radius 2 is 2.35 bits per heavy atom. The molecule has 1 saturated heterocycles. The van der Waals surface area contributed by atoms with Crippen LogP contribution in [0.15, 0.2) is 18.6 Å². The Morgan fingerprint density at radius 1 is 1.50 bits per heavy atom. The Labute approximate surface area is 118 Å². The van der Waals surface area contributed by atoms with Crippen LogP contribution in [0.2, 0.25) is 0 Å². The molecule has 6 nitrogen and oxygen atoms in total. The van der Waals surface area contributed by atoms with Crippen molar-refractivity contribution in [3.05, 3.63) is 18.6 Å². The lowest BCUT2D eigenvalue weighted by Gasteiger charge is -2.36. The van der Waals surface area contributed by atoms with Gasteiger partial charge in [0, 0.05) is 26.3 Å². The molecule has 0 aliphatic carbocycles. The van der Waals surface area contributed by atoms with Crippen LogP contribution in [0.3, 0.4) is 0 Å². The van der Waals surface area contributed by atoms with Crippen molar-refractivity contribution < 1.29 is 9.47 Å². The van der Waals surface area contributed by atoms with Crippen LogP contribution in [0.4, 0.5) is 0 Å². The molecule has 0 amide bonds. The molecule has 3 rings (SSSR count). The fourth-order valence-electron chi connectivity index (χ4n) is 2.48. The van der Waals surface area contributed by atoms with Gasteiger partial charge in [0.25, 0.3) is 0 Å². The van der Waals surface area contributed by atoms with Crippen LogP contribution in [-0.4, -0.2) is 45.9 Å². The van der Waals surface area contributed by atoms with Gasteiger partial charge in [-0.05, 0) is 19.9 Å². The predicted molar refractivity (Wildman–Crippen MR) is 75.8 cm³/mol. The van der Waals surface area contributed by atoms with Gasteiger partial charge in [-0.15, -0.1) is 0 Å². The van der Waals surface area contributed by atoms with E-state index < -0.39 is 0 Å². The molecule has 1 atom stereocenters. The van der Waals surface area contributed by atoms with Crippen molar-refractivity contribution in [2.24, 2.45) is 7.05 Å². The molecule has 1 aliphatic heterocycles. The SMILES string of the molecule is Cn1cnc2c(OCC3CNCC(C)(C)O3)nccc21. The smallest absolute Gasteiger partial charge is 0.242 e. The van der Waals surface area contributed by atoms with Crippen molar-refractivity contribution in [2.75, 3.05) is 19.7 Å². The highest BCUT2D eigenvalue weighted by Gasteiger charge is 2.28. The van der Waals surface area contributed by atoms with Gasteiger partial charge in [0.15, 0.2) is 5.52 Å². The quantitative estimate of drug-likeness (QED) is 0.910. The lowest BCUT2D eigenvalue weighted by atomic mass is 10.1. The van der Waals surface area contributed by atoms with Gasteiger partial charge in [0.1, 0.15) is 12.7 Å². The minimum atomic E-state index is -0.156. The third kappa shape index (κ3) is 2.62. The van der Waals surface area contributed by atoms with E-state index in [0.717, 1.165) is 24.1 Å². The normalized spacial score (nSPS) is 22.1. The van der Waals surface area contributed by atoms with Crippen LogP contribution in [-0.2, 0) is 11.8 Å². The Kier molecular flexibility index (Phi) is 3.35. The van der Waals surface area contributed by atoms with Gasteiger partial charge in [-0.3, -0.25) is 0 Å². The van der Waals surface area contributed by atoms with Gasteiger partial charge in [0.2, 0.25) is 5.88 Å². The van der Waals surface area contributed by atoms with Crippen LogP contribution < -0.4 is 10.1 Å². The molecule has 0 bridgehead atoms. The lowest BCUT2D eigenvalue weighted by Crippen LogP contribution is -2.52. The van der Waals surface area contributed by atoms with E-state index in [4.69, 9.17) is 9.47 Å². The number of aromatic nitrogens is 3. The number of morpholine rings is 1. The zero-order chi connectivity index (χ0) is 14.2. The monoisotopic (exact) mass is 276 g/mol. The number of ether oxygens (including phenoxy) is 2. The highest BCUT2D eigenvalue weighted by Crippen LogP contribution is 2.22. The molecule has 1 N–H and O–H groups in total. The highest BCUT2D eigenvalue weighted by atomic mass is 16.6. The number of hydrogen-bond donors (Lipinski definition) is 1. The molecule has 0 radical (unpaired) electrons. The maximum atomic E-state index is 5.97. The van der Waals surface area contributed by atoms with Gasteiger partial charge in [-0.25, -0.2) is 9.97 Å². The summed E-state index contributed by atoms with van der Waals surface area (Å²) in [6.45, 7) is 6.27. The van der Waals surface area contributed by atoms with E-state index in [9.17, 15) is 0 Å². The number of nitrogens with one attached hydrogen (secondary N) is 1. The number of pyridine rings is 1. The zero-order valence-electron chi connectivity index (χ0n) is 12.1. The lowest BCUT2D eigenvalue weighted by molar-refractivity contribution is -0.107. The number of hydrogen-bond acceptors (Lipinski definition) is 5. The number of imidazole rings is 1. The second-order valence-electron chi connectivity index (χ2n) is 5.78. The summed E-state index contributed by atoms with van der Waals surface area (Å²) in [6.07, 6.45) is 3.53. The minimum absolute atomic E-state index is 0.0273. The molecule has 0 spiro atoms. The topological polar surface area (TPSA) is 61.2 Å². The zero-order valence-corrected chi connectivity index (χ0v) is 12.1. The first-order chi connectivity index (χ1) is 9.55. The van der Waals surface area contributed by atoms with Crippen LogP contribution in [0.25, 0.3) is 11.0 Å². The standard InChI is InChI=1S/C14H20N4O2/c1-14(2)8-15-6-10(20-14)7-19-13-12-11(4-5-16-13)18(3)9-17-12/h4-5,9-10,15H,6-8H2,1-3H3. The summed E-state index contributed by atoms with van der Waals surface area (Å²) in [5.41, 5.74) is 1.65. The summed E-state index contributed by atoms with van der Waals surface area (Å²) in [5.74, 6) is 0.565. The minimum Gasteiger partial charge on any atom is -0.473 e. The van der Waals surface area contributed by atoms with E-state index in [1.165, 1.54) is 0 Å². The van der Waals surface area contributed by atoms with Crippen molar-refractivity contribution in [1.82, 2.24) is 19.9 Å². The molecular weight excluding hydrogens is 256 g/mol. The first-order valence-corrected chi connectivity index (χ1v) is 6.82. The Morgan fingerprint density at radius 3 is 3.15 bits per heavy atom. The van der Waals surface area contributed by atoms with Crippen LogP contribution in [0, 0.1) is 0 Å². The maximum absolute atomic E-state index is 5.97. The number of nitrogens with zero attached hydrogens (tertiary/aromatic N) is 3. The van der Waals surface area contributed by atoms with Crippen LogP contribution in [0.5, 0.6) is 5.88 Å². The summed E-state index contributed by atoms with van der Waals surface area (Å²) < 4.78 is 13.7. The summed E-state index contributed by atoms with van der Waals surface area (Å²) >= 11 is 0. The molecule has 1 fully saturated rings. The van der Waals surface area contributed by atoms with Crippen LogP contribution >= 0.6 is 0 Å². The van der Waals surface area contributed by atoms with E-state index in [1.807, 2.05) is 17.7 Å². The summed E-state index contributed by atoms with van der Waals surface area (Å²) in [5, 5.41) is 3.36. The molecule has 0 aromatic carbocycles. The molecule has 20 heavy (non-hydrogen) atoms. The average Bonchev–Trinajstić information content (AvgIpc) is 2.78. The first-order valence-electron chi connectivity index (χ1n) is 6.82. The third-order valence-electron chi connectivity index (χ3n) is 3.42. The summed E-state index contributed by atoms with van der Waals surface area (Å²) in [6, 6.07) is 1.93. The summed E-state index contributed by atoms with van der Waals surface area (Å²) in [4.78, 5) is 8.60. The van der Waals surface area contributed by atoms with E-state index >= 15 is 0 Å². The number of rotatable bonds is 3. The van der Waals surface area contributed by atoms with Gasteiger partial charge in [-0.1, -0.05) is 0 Å². The number of fused-ring (bicyclic) bond motifs is 1. The fourth-order valence-corrected chi connectivity index (χ4v) is 2.48. The maximum Gasteiger partial charge on any atom is 0.242 e. The Balaban J connectivity index is 1.71. The molecule has 1 unspecified atom stereocenters. The van der Waals surface area contributed by atoms with Crippen molar-refractivity contribution in [1.29, 1.82) is 0 Å². The van der Waals surface area contributed by atoms with Crippen LogP contribution in [0.1, 0.15) is 13.8 Å². The van der Waals surface area contributed by atoms with Crippen molar-refractivity contribution in [3.8, 4) is 5.88 Å². The molecule has 3 heterocycles. The molecule has 0 saturated carbocycles. The Bertz CT molecular complexity index is 608. The largest absolute Gasteiger partial charge is 0.473 e. The predicted octanol–water partition coefficient (Wildman–Crippen LogP) is 1.11. The van der Waals surface area contributed by atoms with Gasteiger partial charge in [0.05, 0.1) is 17.4 Å². The highest BCUT2D eigenvalue weighted by molar-refractivity contribution is 5.79. The van der Waals surface area contributed by atoms with Gasteiger partial charge in [-0.2, -0.15) is 0 Å². The molecule has 6 heteroatoms. The second-order valence-corrected chi connectivity index (χ2v) is 5.78. The molecule has 2 aromatic rings. The summed E-state index contributed by atoms with van der Waals surface area (Å²) in [7, 11) is 1.95. The van der Waals surface area contributed by atoms with Gasteiger partial charge >= 0.3 is 0 Å². The van der Waals surface area contributed by atoms with Crippen molar-refractivity contribution in [3.63, 3.8) is 0 Å². The third-order valence-corrected chi connectivity index (χ3v) is 3.42. The molecule has 108 valence electrons. The number of aryl methyl sites for hydroxylation is 1. The van der Waals surface area contributed by atoms with E-state index in [-0.39, 0.29) is 11.7 Å². The van der Waals surface area contributed by atoms with Crippen molar-refractivity contribution in [2.45, 2.75) is 25.6 Å². The first kappa shape index (κ1) is 13.3. The van der Waals surface area contributed by atoms with Gasteiger partial charge < -0.3 is 19.4 Å². The molecule has 2 aromatic heterocycles. The Hall–Kier alpha value is -1.66. The molecular formula is C14H20N4O2.